The third kappa shape index (κ3) is 3.38. The maximum Gasteiger partial charge on any atom is 0.147 e. The molecule has 0 aromatic heterocycles. The molecule has 0 aliphatic carbocycles. The number of nitrogens with zero attached hydrogens (tertiary/aromatic N) is 1. The Balaban J connectivity index is 2.32. The van der Waals surface area contributed by atoms with Gasteiger partial charge in [-0.3, -0.25) is 4.58 Å². The minimum atomic E-state index is -1.29. The quantitative estimate of drug-likeness (QED) is 0.417. The van der Waals surface area contributed by atoms with E-state index in [4.69, 9.17) is 0 Å². The first kappa shape index (κ1) is 15.8. The maximum atomic E-state index is 4.21. The molecule has 0 N–H and O–H groups in total. The molecule has 0 amide bonds. The second-order valence-corrected chi connectivity index (χ2v) is 12.3. The molecule has 2 rings (SSSR count). The van der Waals surface area contributed by atoms with Gasteiger partial charge in [0.05, 0.1) is 14.8 Å². The van der Waals surface area contributed by atoms with Gasteiger partial charge in [0.15, 0.2) is 0 Å². The molecular weight excluding hydrogens is 270 g/mol. The first-order chi connectivity index (χ1) is 9.70. The van der Waals surface area contributed by atoms with E-state index >= 15 is 0 Å². The van der Waals surface area contributed by atoms with Crippen molar-refractivity contribution in [2.45, 2.75) is 46.3 Å². The molecule has 0 atom stereocenters. The van der Waals surface area contributed by atoms with Crippen LogP contribution in [0, 0.1) is 13.0 Å². The molecule has 0 radical (unpaired) electrons. The van der Waals surface area contributed by atoms with Gasteiger partial charge in [0.25, 0.3) is 0 Å². The Morgan fingerprint density at radius 2 is 1.86 bits per heavy atom. The van der Waals surface area contributed by atoms with Crippen LogP contribution in [0.5, 0.6) is 0 Å². The van der Waals surface area contributed by atoms with Gasteiger partial charge in [-0.15, -0.1) is 12.1 Å². The van der Waals surface area contributed by atoms with Crippen molar-refractivity contribution in [2.75, 3.05) is 0 Å². The van der Waals surface area contributed by atoms with Gasteiger partial charge in [-0.25, -0.2) is 0 Å². The van der Waals surface area contributed by atoms with Gasteiger partial charge in [0, 0.05) is 0 Å². The highest BCUT2D eigenvalue weighted by molar-refractivity contribution is 6.83. The fraction of sp³-hybridized carbons (Fsp3) is 0.368. The predicted octanol–water partition coefficient (Wildman–Crippen LogP) is 5.04. The molecule has 1 aromatic rings. The minimum Gasteiger partial charge on any atom is -0.255 e. The van der Waals surface area contributed by atoms with Crippen LogP contribution in [0.2, 0.25) is 19.6 Å². The molecule has 0 saturated carbocycles. The van der Waals surface area contributed by atoms with E-state index in [-0.39, 0.29) is 0 Å². The zero-order chi connectivity index (χ0) is 15.8. The molecule has 1 heterocycles. The van der Waals surface area contributed by atoms with Crippen LogP contribution in [-0.2, 0) is 0 Å². The number of rotatable bonds is 3. The van der Waals surface area contributed by atoms with E-state index in [0.717, 1.165) is 0 Å². The number of hydrogen-bond acceptors (Lipinski definition) is 0. The second-order valence-electron chi connectivity index (χ2n) is 7.25. The van der Waals surface area contributed by atoms with Crippen LogP contribution in [-0.4, -0.2) is 19.4 Å². The van der Waals surface area contributed by atoms with Crippen LogP contribution < -0.4 is 0 Å². The van der Waals surface area contributed by atoms with E-state index in [0.29, 0.717) is 5.92 Å². The van der Waals surface area contributed by atoms with Gasteiger partial charge in [-0.05, 0) is 17.6 Å². The highest BCUT2D eigenvalue weighted by Gasteiger charge is 2.24. The van der Waals surface area contributed by atoms with Crippen molar-refractivity contribution in [1.82, 2.24) is 0 Å². The summed E-state index contributed by atoms with van der Waals surface area (Å²) in [6, 6.07) is 7.95. The molecule has 1 nitrogen and oxygen atoms in total. The lowest BCUT2D eigenvalue weighted by molar-refractivity contribution is -0.418. The topological polar surface area (TPSA) is 3.01 Å². The summed E-state index contributed by atoms with van der Waals surface area (Å²) in [5.74, 6) is 0.568. The number of hydrogen-bond donors (Lipinski definition) is 0. The highest BCUT2D eigenvalue weighted by atomic mass is 28.3. The third-order valence-electron chi connectivity index (χ3n) is 4.08. The average molecular weight is 298 g/mol. The predicted molar refractivity (Wildman–Crippen MR) is 95.6 cm³/mol. The fourth-order valence-electron chi connectivity index (χ4n) is 2.57. The van der Waals surface area contributed by atoms with Crippen LogP contribution in [0.25, 0.3) is 0 Å². The largest absolute Gasteiger partial charge is 0.255 e. The van der Waals surface area contributed by atoms with Gasteiger partial charge in [-0.1, -0.05) is 68.9 Å². The summed E-state index contributed by atoms with van der Waals surface area (Å²) >= 11 is 0. The maximum absolute atomic E-state index is 4.21. The average Bonchev–Trinajstić information content (AvgIpc) is 2.38. The lowest BCUT2D eigenvalue weighted by atomic mass is 9.94. The Hall–Kier alpha value is -1.54. The summed E-state index contributed by atoms with van der Waals surface area (Å²) in [7, 11) is -1.29. The summed E-state index contributed by atoms with van der Waals surface area (Å²) in [4.78, 5) is 0. The van der Waals surface area contributed by atoms with Crippen molar-refractivity contribution >= 4 is 14.8 Å². The Labute approximate surface area is 130 Å². The Bertz CT molecular complexity index is 615. The monoisotopic (exact) mass is 297 g/mol. The lowest BCUT2D eigenvalue weighted by Crippen LogP contribution is -2.27. The van der Waals surface area contributed by atoms with Gasteiger partial charge < -0.3 is 0 Å². The van der Waals surface area contributed by atoms with Gasteiger partial charge in [-0.2, -0.15) is 0 Å². The van der Waals surface area contributed by atoms with E-state index in [1.165, 1.54) is 27.9 Å². The van der Waals surface area contributed by atoms with Crippen LogP contribution in [0.1, 0.15) is 36.5 Å². The minimum absolute atomic E-state index is 0.568. The molecule has 0 bridgehead atoms. The Morgan fingerprint density at radius 1 is 1.19 bits per heavy atom. The van der Waals surface area contributed by atoms with Gasteiger partial charge >= 0.3 is 0 Å². The van der Waals surface area contributed by atoms with Crippen LogP contribution in [0.3, 0.4) is 0 Å². The number of allylic oxidation sites excluding steroid dienone is 2. The highest BCUT2D eigenvalue weighted by Crippen LogP contribution is 2.29. The van der Waals surface area contributed by atoms with Crippen molar-refractivity contribution in [3.05, 3.63) is 64.5 Å². The second kappa shape index (κ2) is 5.68. The van der Waals surface area contributed by atoms with E-state index in [1.54, 1.807) is 0 Å². The van der Waals surface area contributed by atoms with E-state index in [2.05, 4.69) is 83.7 Å². The van der Waals surface area contributed by atoms with Crippen molar-refractivity contribution < 1.29 is 4.58 Å². The van der Waals surface area contributed by atoms with Gasteiger partial charge in [0.1, 0.15) is 12.2 Å². The molecular formula is C19H27NSi. The Morgan fingerprint density at radius 3 is 2.33 bits per heavy atom. The van der Waals surface area contributed by atoms with Crippen LogP contribution in [0.15, 0.2) is 41.7 Å². The molecule has 0 fully saturated rings. The first-order valence-electron chi connectivity index (χ1n) is 7.68. The number of benzene rings is 1. The molecule has 112 valence electrons. The summed E-state index contributed by atoms with van der Waals surface area (Å²) < 4.78 is 2.03. The van der Waals surface area contributed by atoms with Crippen molar-refractivity contribution in [3.8, 4) is 0 Å². The third-order valence-corrected chi connectivity index (χ3v) is 6.11. The zero-order valence-electron chi connectivity index (χ0n) is 14.2. The lowest BCUT2D eigenvalue weighted by Gasteiger charge is -2.26. The summed E-state index contributed by atoms with van der Waals surface area (Å²) in [5, 5.41) is 1.44. The molecule has 0 unspecified atom stereocenters. The molecule has 2 heteroatoms. The van der Waals surface area contributed by atoms with E-state index in [1.807, 2.05) is 4.58 Å². The standard InChI is InChI=1S/C19H27NSi/c1-14(2)16-8-10-18(15(3)12-16)19-11-9-17(13-20(19)4)21(5,6)7/h8-14H,4H2,1-3,5-7H3. The first-order valence-corrected chi connectivity index (χ1v) is 11.2. The number of aryl methyl sites for hydroxylation is 1. The smallest absolute Gasteiger partial charge is 0.147 e. The van der Waals surface area contributed by atoms with Crippen molar-refractivity contribution in [3.63, 3.8) is 0 Å². The molecule has 21 heavy (non-hydrogen) atoms. The van der Waals surface area contributed by atoms with Crippen LogP contribution >= 0.6 is 0 Å². The summed E-state index contributed by atoms with van der Waals surface area (Å²) in [5.41, 5.74) is 3.99. The van der Waals surface area contributed by atoms with E-state index < -0.39 is 8.07 Å². The van der Waals surface area contributed by atoms with Crippen molar-refractivity contribution in [2.24, 2.45) is 0 Å². The van der Waals surface area contributed by atoms with E-state index in [9.17, 15) is 0 Å². The SMILES string of the molecule is C=[N+]1C=C([Si](C)(C)C)C=C[C-]1c1ccc(C(C)C)cc1C. The normalized spacial score (nSPS) is 15.7. The molecule has 1 aliphatic heterocycles. The van der Waals surface area contributed by atoms with Gasteiger partial charge in [0.2, 0.25) is 0 Å². The molecule has 0 spiro atoms. The molecule has 1 aromatic carbocycles. The van der Waals surface area contributed by atoms with Crippen LogP contribution in [0.4, 0.5) is 0 Å². The zero-order valence-corrected chi connectivity index (χ0v) is 15.2. The summed E-state index contributed by atoms with van der Waals surface area (Å²) in [6.07, 6.45) is 6.70. The van der Waals surface area contributed by atoms with Crippen molar-refractivity contribution in [1.29, 1.82) is 0 Å². The molecule has 0 saturated heterocycles. The molecule has 1 aliphatic rings. The Kier molecular flexibility index (Phi) is 4.29. The fourth-order valence-corrected chi connectivity index (χ4v) is 3.69. The summed E-state index contributed by atoms with van der Waals surface area (Å²) in [6.45, 7) is 18.0.